The number of ether oxygens (including phenoxy) is 2. The van der Waals surface area contributed by atoms with Gasteiger partial charge in [0.1, 0.15) is 17.2 Å². The van der Waals surface area contributed by atoms with Gasteiger partial charge in [0.2, 0.25) is 0 Å². The van der Waals surface area contributed by atoms with Crippen molar-refractivity contribution >= 4 is 0 Å². The van der Waals surface area contributed by atoms with Crippen molar-refractivity contribution in [2.24, 2.45) is 5.11 Å². The van der Waals surface area contributed by atoms with Crippen molar-refractivity contribution in [3.63, 3.8) is 0 Å². The topological polar surface area (TPSA) is 67.2 Å². The summed E-state index contributed by atoms with van der Waals surface area (Å²) in [5.41, 5.74) is 9.08. The SMILES string of the molecule is CC1(N=[N+]=[N-])CCOc2cc(Oc3ccccc3)ccc21. The Morgan fingerprint density at radius 1 is 1.19 bits per heavy atom. The van der Waals surface area contributed by atoms with Crippen LogP contribution in [-0.4, -0.2) is 6.61 Å². The van der Waals surface area contributed by atoms with Gasteiger partial charge in [-0.3, -0.25) is 0 Å². The van der Waals surface area contributed by atoms with Crippen LogP contribution in [0.5, 0.6) is 17.2 Å². The lowest BCUT2D eigenvalue weighted by atomic mass is 9.87. The Bertz CT molecular complexity index is 696. The maximum Gasteiger partial charge on any atom is 0.131 e. The minimum Gasteiger partial charge on any atom is -0.493 e. The number of fused-ring (bicyclic) bond motifs is 1. The molecular weight excluding hydrogens is 266 g/mol. The molecule has 0 spiro atoms. The third kappa shape index (κ3) is 2.64. The Balaban J connectivity index is 1.93. The summed E-state index contributed by atoms with van der Waals surface area (Å²) in [5.74, 6) is 2.18. The van der Waals surface area contributed by atoms with Gasteiger partial charge in [-0.15, -0.1) is 0 Å². The lowest BCUT2D eigenvalue weighted by Crippen LogP contribution is -2.27. The molecule has 0 fully saturated rings. The van der Waals surface area contributed by atoms with Gasteiger partial charge in [0.25, 0.3) is 0 Å². The Morgan fingerprint density at radius 2 is 2.00 bits per heavy atom. The van der Waals surface area contributed by atoms with Crippen LogP contribution in [-0.2, 0) is 5.54 Å². The molecule has 0 amide bonds. The van der Waals surface area contributed by atoms with Crippen LogP contribution < -0.4 is 9.47 Å². The molecule has 5 nitrogen and oxygen atoms in total. The van der Waals surface area contributed by atoms with E-state index in [9.17, 15) is 0 Å². The molecule has 21 heavy (non-hydrogen) atoms. The van der Waals surface area contributed by atoms with Gasteiger partial charge < -0.3 is 9.47 Å². The zero-order valence-corrected chi connectivity index (χ0v) is 11.7. The van der Waals surface area contributed by atoms with Gasteiger partial charge in [-0.1, -0.05) is 29.4 Å². The largest absolute Gasteiger partial charge is 0.493 e. The summed E-state index contributed by atoms with van der Waals surface area (Å²) < 4.78 is 11.5. The summed E-state index contributed by atoms with van der Waals surface area (Å²) in [6.07, 6.45) is 0.670. The van der Waals surface area contributed by atoms with Crippen molar-refractivity contribution in [2.45, 2.75) is 18.9 Å². The summed E-state index contributed by atoms with van der Waals surface area (Å²) >= 11 is 0. The molecule has 1 aliphatic heterocycles. The van der Waals surface area contributed by atoms with Gasteiger partial charge in [0, 0.05) is 16.5 Å². The van der Waals surface area contributed by atoms with E-state index in [1.165, 1.54) is 0 Å². The summed E-state index contributed by atoms with van der Waals surface area (Å²) in [7, 11) is 0. The Hall–Kier alpha value is -2.65. The first-order valence-corrected chi connectivity index (χ1v) is 6.78. The lowest BCUT2D eigenvalue weighted by molar-refractivity contribution is 0.226. The number of azide groups is 1. The predicted octanol–water partition coefficient (Wildman–Crippen LogP) is 4.79. The van der Waals surface area contributed by atoms with Crippen LogP contribution in [0.4, 0.5) is 0 Å². The van der Waals surface area contributed by atoms with E-state index < -0.39 is 5.54 Å². The minimum absolute atomic E-state index is 0.525. The molecule has 106 valence electrons. The summed E-state index contributed by atoms with van der Waals surface area (Å²) in [4.78, 5) is 2.96. The summed E-state index contributed by atoms with van der Waals surface area (Å²) in [6.45, 7) is 2.45. The van der Waals surface area contributed by atoms with Crippen LogP contribution in [0.3, 0.4) is 0 Å². The number of rotatable bonds is 3. The van der Waals surface area contributed by atoms with Gasteiger partial charge >= 0.3 is 0 Å². The zero-order valence-electron chi connectivity index (χ0n) is 11.7. The molecule has 3 rings (SSSR count). The molecule has 1 atom stereocenters. The van der Waals surface area contributed by atoms with E-state index in [0.29, 0.717) is 24.5 Å². The van der Waals surface area contributed by atoms with Crippen molar-refractivity contribution in [2.75, 3.05) is 6.61 Å². The molecule has 0 saturated heterocycles. The van der Waals surface area contributed by atoms with Crippen LogP contribution >= 0.6 is 0 Å². The third-order valence-corrected chi connectivity index (χ3v) is 3.62. The first-order chi connectivity index (χ1) is 10.2. The Kier molecular flexibility index (Phi) is 3.42. The standard InChI is InChI=1S/C16H15N3O2/c1-16(18-19-17)9-10-20-15-11-13(7-8-14(15)16)21-12-5-3-2-4-6-12/h2-8,11H,9-10H2,1H3. The van der Waals surface area contributed by atoms with Crippen molar-refractivity contribution < 1.29 is 9.47 Å². The van der Waals surface area contributed by atoms with E-state index in [4.69, 9.17) is 15.0 Å². The molecular formula is C16H15N3O2. The highest BCUT2D eigenvalue weighted by atomic mass is 16.5. The third-order valence-electron chi connectivity index (χ3n) is 3.62. The predicted molar refractivity (Wildman–Crippen MR) is 79.6 cm³/mol. The summed E-state index contributed by atoms with van der Waals surface area (Å²) in [6, 6.07) is 15.2. The number of para-hydroxylation sites is 1. The number of benzene rings is 2. The Labute approximate surface area is 122 Å². The maximum absolute atomic E-state index is 8.75. The van der Waals surface area contributed by atoms with E-state index >= 15 is 0 Å². The van der Waals surface area contributed by atoms with Gasteiger partial charge in [0.15, 0.2) is 0 Å². The smallest absolute Gasteiger partial charge is 0.131 e. The lowest BCUT2D eigenvalue weighted by Gasteiger charge is -2.31. The first-order valence-electron chi connectivity index (χ1n) is 6.78. The molecule has 1 aliphatic rings. The number of hydrogen-bond acceptors (Lipinski definition) is 3. The van der Waals surface area contributed by atoms with Crippen molar-refractivity contribution in [3.05, 3.63) is 64.5 Å². The molecule has 1 unspecified atom stereocenters. The number of hydrogen-bond donors (Lipinski definition) is 0. The number of nitrogens with zero attached hydrogens (tertiary/aromatic N) is 3. The van der Waals surface area contributed by atoms with Gasteiger partial charge in [0.05, 0.1) is 12.1 Å². The molecule has 0 aliphatic carbocycles. The fraction of sp³-hybridized carbons (Fsp3) is 0.250. The zero-order chi connectivity index (χ0) is 14.7. The minimum atomic E-state index is -0.562. The summed E-state index contributed by atoms with van der Waals surface area (Å²) in [5, 5.41) is 3.93. The highest BCUT2D eigenvalue weighted by Crippen LogP contribution is 2.42. The fourth-order valence-electron chi connectivity index (χ4n) is 2.45. The van der Waals surface area contributed by atoms with Crippen molar-refractivity contribution in [1.82, 2.24) is 0 Å². The van der Waals surface area contributed by atoms with E-state index in [1.54, 1.807) is 0 Å². The van der Waals surface area contributed by atoms with Crippen LogP contribution in [0.1, 0.15) is 18.9 Å². The average molecular weight is 281 g/mol. The van der Waals surface area contributed by atoms with E-state index in [1.807, 2.05) is 55.5 Å². The molecule has 5 heteroatoms. The van der Waals surface area contributed by atoms with Gasteiger partial charge in [-0.2, -0.15) is 0 Å². The monoisotopic (exact) mass is 281 g/mol. The maximum atomic E-state index is 8.75. The first kappa shape index (κ1) is 13.3. The molecule has 0 N–H and O–H groups in total. The highest BCUT2D eigenvalue weighted by molar-refractivity contribution is 5.47. The van der Waals surface area contributed by atoms with Crippen LogP contribution in [0.2, 0.25) is 0 Å². The quantitative estimate of drug-likeness (QED) is 0.461. The second kappa shape index (κ2) is 5.38. The van der Waals surface area contributed by atoms with E-state index in [-0.39, 0.29) is 0 Å². The molecule has 0 aromatic heterocycles. The molecule has 0 saturated carbocycles. The van der Waals surface area contributed by atoms with E-state index in [2.05, 4.69) is 10.0 Å². The van der Waals surface area contributed by atoms with Crippen molar-refractivity contribution in [1.29, 1.82) is 0 Å². The molecule has 2 aromatic rings. The second-order valence-electron chi connectivity index (χ2n) is 5.13. The molecule has 1 heterocycles. The van der Waals surface area contributed by atoms with Gasteiger partial charge in [-0.25, -0.2) is 0 Å². The van der Waals surface area contributed by atoms with Crippen molar-refractivity contribution in [3.8, 4) is 17.2 Å². The average Bonchev–Trinajstić information content (AvgIpc) is 2.48. The second-order valence-corrected chi connectivity index (χ2v) is 5.13. The van der Waals surface area contributed by atoms with Crippen LogP contribution in [0.15, 0.2) is 53.6 Å². The molecule has 2 aromatic carbocycles. The molecule has 0 radical (unpaired) electrons. The van der Waals surface area contributed by atoms with Crippen LogP contribution in [0.25, 0.3) is 10.4 Å². The molecule has 0 bridgehead atoms. The normalized spacial score (nSPS) is 19.9. The van der Waals surface area contributed by atoms with Crippen LogP contribution in [0, 0.1) is 0 Å². The Morgan fingerprint density at radius 3 is 2.76 bits per heavy atom. The van der Waals surface area contributed by atoms with E-state index in [0.717, 1.165) is 11.3 Å². The van der Waals surface area contributed by atoms with Gasteiger partial charge in [-0.05, 0) is 37.1 Å². The highest BCUT2D eigenvalue weighted by Gasteiger charge is 2.32. The fourth-order valence-corrected chi connectivity index (χ4v) is 2.45.